The van der Waals surface area contributed by atoms with Crippen molar-refractivity contribution in [2.75, 3.05) is 6.61 Å². The van der Waals surface area contributed by atoms with Crippen LogP contribution in [0.1, 0.15) is 18.1 Å². The van der Waals surface area contributed by atoms with Crippen LogP contribution in [0.5, 0.6) is 5.75 Å². The molecule has 0 saturated carbocycles. The predicted molar refractivity (Wildman–Crippen MR) is 71.5 cm³/mol. The summed E-state index contributed by atoms with van der Waals surface area (Å²) in [6.07, 6.45) is 2.17. The molecule has 0 saturated heterocycles. The molecular formula is C16H18O. The van der Waals surface area contributed by atoms with Crippen molar-refractivity contribution in [1.29, 1.82) is 0 Å². The van der Waals surface area contributed by atoms with Gasteiger partial charge in [0.1, 0.15) is 5.75 Å². The Bertz CT molecular complexity index is 431. The van der Waals surface area contributed by atoms with Crippen LogP contribution >= 0.6 is 0 Å². The van der Waals surface area contributed by atoms with Gasteiger partial charge in [0.2, 0.25) is 0 Å². The first-order valence-corrected chi connectivity index (χ1v) is 6.14. The summed E-state index contributed by atoms with van der Waals surface area (Å²) >= 11 is 0. The van der Waals surface area contributed by atoms with Crippen molar-refractivity contribution in [3.63, 3.8) is 0 Å². The third-order valence-corrected chi connectivity index (χ3v) is 2.78. The van der Waals surface area contributed by atoms with Gasteiger partial charge in [0.25, 0.3) is 0 Å². The molecule has 0 aliphatic rings. The topological polar surface area (TPSA) is 9.23 Å². The molecule has 17 heavy (non-hydrogen) atoms. The smallest absolute Gasteiger partial charge is 0.119 e. The molecule has 0 aliphatic carbocycles. The minimum absolute atomic E-state index is 0.726. The van der Waals surface area contributed by atoms with Crippen molar-refractivity contribution in [1.82, 2.24) is 0 Å². The van der Waals surface area contributed by atoms with Crippen LogP contribution in [0.2, 0.25) is 0 Å². The summed E-state index contributed by atoms with van der Waals surface area (Å²) in [6, 6.07) is 19.0. The first kappa shape index (κ1) is 11.7. The summed E-state index contributed by atoms with van der Waals surface area (Å²) in [5.74, 6) is 0.955. The Labute approximate surface area is 103 Å². The lowest BCUT2D eigenvalue weighted by Gasteiger charge is -2.05. The summed E-state index contributed by atoms with van der Waals surface area (Å²) in [5, 5.41) is 0. The summed E-state index contributed by atoms with van der Waals surface area (Å²) in [6.45, 7) is 2.73. The SMILES string of the molecule is CCOc1ccc(CCc2ccccc2)cc1. The average Bonchev–Trinajstić information content (AvgIpc) is 2.40. The monoisotopic (exact) mass is 226 g/mol. The zero-order chi connectivity index (χ0) is 11.9. The summed E-state index contributed by atoms with van der Waals surface area (Å²) in [4.78, 5) is 0. The lowest BCUT2D eigenvalue weighted by Crippen LogP contribution is -1.93. The van der Waals surface area contributed by atoms with Crippen molar-refractivity contribution in [2.45, 2.75) is 19.8 Å². The Morgan fingerprint density at radius 3 is 1.94 bits per heavy atom. The van der Waals surface area contributed by atoms with Gasteiger partial charge in [0.15, 0.2) is 0 Å². The van der Waals surface area contributed by atoms with E-state index in [2.05, 4.69) is 42.5 Å². The van der Waals surface area contributed by atoms with Crippen LogP contribution in [0, 0.1) is 0 Å². The fraction of sp³-hybridized carbons (Fsp3) is 0.250. The summed E-state index contributed by atoms with van der Waals surface area (Å²) in [7, 11) is 0. The lowest BCUT2D eigenvalue weighted by molar-refractivity contribution is 0.340. The van der Waals surface area contributed by atoms with E-state index in [0.717, 1.165) is 25.2 Å². The van der Waals surface area contributed by atoms with E-state index in [1.54, 1.807) is 0 Å². The van der Waals surface area contributed by atoms with Gasteiger partial charge < -0.3 is 4.74 Å². The number of hydrogen-bond donors (Lipinski definition) is 0. The summed E-state index contributed by atoms with van der Waals surface area (Å²) < 4.78 is 5.42. The number of hydrogen-bond acceptors (Lipinski definition) is 1. The second-order valence-electron chi connectivity index (χ2n) is 4.06. The van der Waals surface area contributed by atoms with Crippen LogP contribution in [0.3, 0.4) is 0 Å². The van der Waals surface area contributed by atoms with Gasteiger partial charge in [0, 0.05) is 0 Å². The molecule has 1 heteroatoms. The Hall–Kier alpha value is -1.76. The lowest BCUT2D eigenvalue weighted by atomic mass is 10.0. The summed E-state index contributed by atoms with van der Waals surface area (Å²) in [5.41, 5.74) is 2.75. The molecule has 2 aromatic rings. The quantitative estimate of drug-likeness (QED) is 0.752. The highest BCUT2D eigenvalue weighted by Crippen LogP contribution is 2.14. The number of ether oxygens (including phenoxy) is 1. The van der Waals surface area contributed by atoms with Crippen LogP contribution in [0.4, 0.5) is 0 Å². The molecule has 0 atom stereocenters. The third kappa shape index (κ3) is 3.63. The van der Waals surface area contributed by atoms with E-state index >= 15 is 0 Å². The number of aryl methyl sites for hydroxylation is 2. The van der Waals surface area contributed by atoms with Gasteiger partial charge in [-0.1, -0.05) is 42.5 Å². The zero-order valence-corrected chi connectivity index (χ0v) is 10.2. The van der Waals surface area contributed by atoms with E-state index in [4.69, 9.17) is 4.74 Å². The molecule has 0 amide bonds. The number of benzene rings is 2. The molecule has 0 aromatic heterocycles. The molecule has 0 N–H and O–H groups in total. The van der Waals surface area contributed by atoms with Gasteiger partial charge in [-0.05, 0) is 43.0 Å². The molecule has 0 spiro atoms. The molecule has 1 nitrogen and oxygen atoms in total. The number of rotatable bonds is 5. The van der Waals surface area contributed by atoms with E-state index in [9.17, 15) is 0 Å². The highest BCUT2D eigenvalue weighted by molar-refractivity contribution is 5.28. The molecule has 0 aliphatic heterocycles. The van der Waals surface area contributed by atoms with Crippen molar-refractivity contribution in [3.05, 3.63) is 65.7 Å². The van der Waals surface area contributed by atoms with Crippen molar-refractivity contribution in [2.24, 2.45) is 0 Å². The van der Waals surface area contributed by atoms with Gasteiger partial charge in [0.05, 0.1) is 6.61 Å². The zero-order valence-electron chi connectivity index (χ0n) is 10.2. The molecule has 0 heterocycles. The maximum absolute atomic E-state index is 5.42. The molecule has 0 radical (unpaired) electrons. The van der Waals surface area contributed by atoms with Gasteiger partial charge in [-0.15, -0.1) is 0 Å². The van der Waals surface area contributed by atoms with E-state index < -0.39 is 0 Å². The highest BCUT2D eigenvalue weighted by atomic mass is 16.5. The van der Waals surface area contributed by atoms with Crippen molar-refractivity contribution < 1.29 is 4.74 Å². The van der Waals surface area contributed by atoms with E-state index in [1.807, 2.05) is 19.1 Å². The van der Waals surface area contributed by atoms with Crippen LogP contribution < -0.4 is 4.74 Å². The van der Waals surface area contributed by atoms with E-state index in [-0.39, 0.29) is 0 Å². The highest BCUT2D eigenvalue weighted by Gasteiger charge is 1.96. The Balaban J connectivity index is 1.91. The molecule has 0 unspecified atom stereocenters. The fourth-order valence-corrected chi connectivity index (χ4v) is 1.85. The van der Waals surface area contributed by atoms with Gasteiger partial charge in [-0.2, -0.15) is 0 Å². The largest absolute Gasteiger partial charge is 0.494 e. The maximum Gasteiger partial charge on any atom is 0.119 e. The first-order valence-electron chi connectivity index (χ1n) is 6.14. The fourth-order valence-electron chi connectivity index (χ4n) is 1.85. The first-order chi connectivity index (χ1) is 8.38. The Morgan fingerprint density at radius 1 is 0.765 bits per heavy atom. The van der Waals surface area contributed by atoms with Gasteiger partial charge >= 0.3 is 0 Å². The molecule has 2 rings (SSSR count). The van der Waals surface area contributed by atoms with Gasteiger partial charge in [-0.25, -0.2) is 0 Å². The minimum Gasteiger partial charge on any atom is -0.494 e. The van der Waals surface area contributed by atoms with Crippen LogP contribution in [0.15, 0.2) is 54.6 Å². The molecule has 88 valence electrons. The normalized spacial score (nSPS) is 10.2. The molecule has 0 bridgehead atoms. The van der Waals surface area contributed by atoms with Gasteiger partial charge in [-0.3, -0.25) is 0 Å². The molecular weight excluding hydrogens is 208 g/mol. The molecule has 0 fully saturated rings. The van der Waals surface area contributed by atoms with E-state index in [1.165, 1.54) is 11.1 Å². The van der Waals surface area contributed by atoms with Crippen molar-refractivity contribution in [3.8, 4) is 5.75 Å². The predicted octanol–water partition coefficient (Wildman–Crippen LogP) is 3.87. The van der Waals surface area contributed by atoms with Crippen LogP contribution in [0.25, 0.3) is 0 Å². The van der Waals surface area contributed by atoms with Crippen LogP contribution in [-0.2, 0) is 12.8 Å². The maximum atomic E-state index is 5.42. The van der Waals surface area contributed by atoms with E-state index in [0.29, 0.717) is 0 Å². The average molecular weight is 226 g/mol. The Morgan fingerprint density at radius 2 is 1.35 bits per heavy atom. The van der Waals surface area contributed by atoms with Crippen LogP contribution in [-0.4, -0.2) is 6.61 Å². The second kappa shape index (κ2) is 6.09. The standard InChI is InChI=1S/C16H18O/c1-2-17-16-12-10-15(11-13-16)9-8-14-6-4-3-5-7-14/h3-7,10-13H,2,8-9H2,1H3. The molecule has 2 aromatic carbocycles. The minimum atomic E-state index is 0.726. The van der Waals surface area contributed by atoms with Crippen molar-refractivity contribution >= 4 is 0 Å². The second-order valence-corrected chi connectivity index (χ2v) is 4.06. The third-order valence-electron chi connectivity index (χ3n) is 2.78. The Kier molecular flexibility index (Phi) is 4.20.